The van der Waals surface area contributed by atoms with Gasteiger partial charge in [0.15, 0.2) is 0 Å². The van der Waals surface area contributed by atoms with E-state index in [1.165, 1.54) is 25.7 Å². The minimum absolute atomic E-state index is 0.0423. The number of hydrogen-bond acceptors (Lipinski definition) is 3. The number of ether oxygens (including phenoxy) is 2. The Bertz CT molecular complexity index is 253. The van der Waals surface area contributed by atoms with Gasteiger partial charge in [0.25, 0.3) is 0 Å². The van der Waals surface area contributed by atoms with Crippen molar-refractivity contribution in [2.24, 2.45) is 11.8 Å². The summed E-state index contributed by atoms with van der Waals surface area (Å²) < 4.78 is 11.9. The van der Waals surface area contributed by atoms with Crippen LogP contribution < -0.4 is 5.32 Å². The molecule has 0 radical (unpaired) electrons. The normalized spacial score (nSPS) is 37.3. The first-order valence-electron chi connectivity index (χ1n) is 7.63. The Kier molecular flexibility index (Phi) is 5.05. The minimum atomic E-state index is 0.0423. The second kappa shape index (κ2) is 6.36. The highest BCUT2D eigenvalue weighted by Crippen LogP contribution is 2.41. The molecule has 0 bridgehead atoms. The average molecular weight is 255 g/mol. The first kappa shape index (κ1) is 14.3. The monoisotopic (exact) mass is 255 g/mol. The second-order valence-electron chi connectivity index (χ2n) is 6.18. The van der Waals surface area contributed by atoms with E-state index in [2.05, 4.69) is 26.1 Å². The van der Waals surface area contributed by atoms with Gasteiger partial charge in [-0.25, -0.2) is 0 Å². The zero-order valence-corrected chi connectivity index (χ0v) is 12.2. The smallest absolute Gasteiger partial charge is 0.0860 e. The molecule has 0 aromatic heterocycles. The molecule has 18 heavy (non-hydrogen) atoms. The van der Waals surface area contributed by atoms with Crippen molar-refractivity contribution in [2.75, 3.05) is 26.4 Å². The molecule has 0 amide bonds. The summed E-state index contributed by atoms with van der Waals surface area (Å²) in [5, 5.41) is 3.62. The van der Waals surface area contributed by atoms with Crippen molar-refractivity contribution in [3.63, 3.8) is 0 Å². The summed E-state index contributed by atoms with van der Waals surface area (Å²) in [6, 6.07) is 0.382. The minimum Gasteiger partial charge on any atom is -0.380 e. The summed E-state index contributed by atoms with van der Waals surface area (Å²) in [4.78, 5) is 0. The van der Waals surface area contributed by atoms with Gasteiger partial charge in [-0.3, -0.25) is 0 Å². The van der Waals surface area contributed by atoms with E-state index in [1.54, 1.807) is 0 Å². The lowest BCUT2D eigenvalue weighted by molar-refractivity contribution is -0.144. The topological polar surface area (TPSA) is 30.5 Å². The van der Waals surface area contributed by atoms with E-state index in [1.807, 2.05) is 0 Å². The average Bonchev–Trinajstić information content (AvgIpc) is 2.38. The maximum absolute atomic E-state index is 6.25. The van der Waals surface area contributed by atoms with Crippen LogP contribution in [0.4, 0.5) is 0 Å². The van der Waals surface area contributed by atoms with Crippen LogP contribution >= 0.6 is 0 Å². The van der Waals surface area contributed by atoms with Gasteiger partial charge in [-0.1, -0.05) is 20.3 Å². The highest BCUT2D eigenvalue weighted by Gasteiger charge is 2.45. The molecule has 3 heteroatoms. The second-order valence-corrected chi connectivity index (χ2v) is 6.18. The first-order chi connectivity index (χ1) is 8.68. The van der Waals surface area contributed by atoms with Crippen LogP contribution in [0.2, 0.25) is 0 Å². The summed E-state index contributed by atoms with van der Waals surface area (Å²) in [5.74, 6) is 1.57. The van der Waals surface area contributed by atoms with Gasteiger partial charge in [-0.05, 0) is 38.0 Å². The molecular weight excluding hydrogens is 226 g/mol. The SMILES string of the molecule is CCOCC1NCCOC12CCCC(C(C)C)C2. The van der Waals surface area contributed by atoms with E-state index >= 15 is 0 Å². The van der Waals surface area contributed by atoms with E-state index in [0.717, 1.165) is 38.2 Å². The molecule has 2 rings (SSSR count). The molecule has 3 unspecified atom stereocenters. The van der Waals surface area contributed by atoms with Crippen LogP contribution in [-0.4, -0.2) is 38.0 Å². The summed E-state index contributed by atoms with van der Waals surface area (Å²) in [5.41, 5.74) is 0.0423. The van der Waals surface area contributed by atoms with Crippen molar-refractivity contribution < 1.29 is 9.47 Å². The summed E-state index contributed by atoms with van der Waals surface area (Å²) >= 11 is 0. The Labute approximate surface area is 112 Å². The maximum atomic E-state index is 6.25. The van der Waals surface area contributed by atoms with Crippen molar-refractivity contribution in [1.82, 2.24) is 5.32 Å². The van der Waals surface area contributed by atoms with E-state index in [4.69, 9.17) is 9.47 Å². The first-order valence-corrected chi connectivity index (χ1v) is 7.63. The third-order valence-electron chi connectivity index (χ3n) is 4.73. The highest BCUT2D eigenvalue weighted by atomic mass is 16.5. The van der Waals surface area contributed by atoms with Gasteiger partial charge < -0.3 is 14.8 Å². The third-order valence-corrected chi connectivity index (χ3v) is 4.73. The molecule has 1 aliphatic carbocycles. The lowest BCUT2D eigenvalue weighted by atomic mass is 9.70. The fraction of sp³-hybridized carbons (Fsp3) is 1.00. The Hall–Kier alpha value is -0.120. The Balaban J connectivity index is 2.04. The molecule has 2 aliphatic rings. The van der Waals surface area contributed by atoms with Gasteiger partial charge in [0.05, 0.1) is 24.9 Å². The van der Waals surface area contributed by atoms with Crippen LogP contribution in [0.3, 0.4) is 0 Å². The zero-order valence-electron chi connectivity index (χ0n) is 12.2. The van der Waals surface area contributed by atoms with Gasteiger partial charge in [0.2, 0.25) is 0 Å². The quantitative estimate of drug-likeness (QED) is 0.837. The highest BCUT2D eigenvalue weighted by molar-refractivity contribution is 5.00. The lowest BCUT2D eigenvalue weighted by Gasteiger charge is -2.49. The molecule has 1 N–H and O–H groups in total. The number of morpholine rings is 1. The Morgan fingerprint density at radius 1 is 1.44 bits per heavy atom. The summed E-state index contributed by atoms with van der Waals surface area (Å²) in [6.07, 6.45) is 5.06. The summed E-state index contributed by atoms with van der Waals surface area (Å²) in [7, 11) is 0. The van der Waals surface area contributed by atoms with Crippen LogP contribution in [-0.2, 0) is 9.47 Å². The van der Waals surface area contributed by atoms with Crippen LogP contribution in [0.5, 0.6) is 0 Å². The van der Waals surface area contributed by atoms with Gasteiger partial charge in [-0.2, -0.15) is 0 Å². The molecule has 1 saturated carbocycles. The van der Waals surface area contributed by atoms with Crippen molar-refractivity contribution in [2.45, 2.75) is 58.1 Å². The fourth-order valence-electron chi connectivity index (χ4n) is 3.55. The molecule has 1 spiro atoms. The van der Waals surface area contributed by atoms with Crippen molar-refractivity contribution >= 4 is 0 Å². The van der Waals surface area contributed by atoms with Crippen molar-refractivity contribution in [3.8, 4) is 0 Å². The van der Waals surface area contributed by atoms with E-state index < -0.39 is 0 Å². The van der Waals surface area contributed by atoms with Crippen molar-refractivity contribution in [3.05, 3.63) is 0 Å². The maximum Gasteiger partial charge on any atom is 0.0860 e. The molecule has 1 heterocycles. The number of rotatable bonds is 4. The predicted octanol–water partition coefficient (Wildman–Crippen LogP) is 2.60. The van der Waals surface area contributed by atoms with Gasteiger partial charge in [0, 0.05) is 13.2 Å². The Morgan fingerprint density at radius 3 is 3.00 bits per heavy atom. The molecule has 3 nitrogen and oxygen atoms in total. The van der Waals surface area contributed by atoms with E-state index in [-0.39, 0.29) is 5.60 Å². The molecule has 0 aromatic rings. The molecule has 1 saturated heterocycles. The van der Waals surface area contributed by atoms with Gasteiger partial charge in [-0.15, -0.1) is 0 Å². The zero-order chi connectivity index (χ0) is 13.0. The van der Waals surface area contributed by atoms with Crippen molar-refractivity contribution in [1.29, 1.82) is 0 Å². The molecule has 1 aliphatic heterocycles. The fourth-order valence-corrected chi connectivity index (χ4v) is 3.55. The van der Waals surface area contributed by atoms with Crippen LogP contribution in [0.1, 0.15) is 46.5 Å². The molecule has 106 valence electrons. The van der Waals surface area contributed by atoms with E-state index in [0.29, 0.717) is 6.04 Å². The van der Waals surface area contributed by atoms with Gasteiger partial charge in [0.1, 0.15) is 0 Å². The van der Waals surface area contributed by atoms with Gasteiger partial charge >= 0.3 is 0 Å². The van der Waals surface area contributed by atoms with E-state index in [9.17, 15) is 0 Å². The van der Waals surface area contributed by atoms with Crippen LogP contribution in [0.25, 0.3) is 0 Å². The molecule has 0 aromatic carbocycles. The molecule has 2 fully saturated rings. The molecule has 3 atom stereocenters. The van der Waals surface area contributed by atoms with Crippen LogP contribution in [0.15, 0.2) is 0 Å². The lowest BCUT2D eigenvalue weighted by Crippen LogP contribution is -2.61. The number of hydrogen-bond donors (Lipinski definition) is 1. The number of nitrogens with one attached hydrogen (secondary N) is 1. The standard InChI is InChI=1S/C15H29NO2/c1-4-17-11-14-15(18-9-8-16-14)7-5-6-13(10-15)12(2)3/h12-14,16H,4-11H2,1-3H3. The largest absolute Gasteiger partial charge is 0.380 e. The summed E-state index contributed by atoms with van der Waals surface area (Å²) in [6.45, 7) is 10.2. The molecular formula is C15H29NO2. The van der Waals surface area contributed by atoms with Crippen LogP contribution in [0, 0.1) is 11.8 Å². The third kappa shape index (κ3) is 3.06. The Morgan fingerprint density at radius 2 is 2.28 bits per heavy atom. The predicted molar refractivity (Wildman–Crippen MR) is 73.8 cm³/mol.